The third-order valence-electron chi connectivity index (χ3n) is 4.54. The van der Waals surface area contributed by atoms with Gasteiger partial charge in [0.15, 0.2) is 28.7 Å². The third-order valence-corrected chi connectivity index (χ3v) is 4.54. The van der Waals surface area contributed by atoms with E-state index < -0.39 is 5.97 Å². The zero-order chi connectivity index (χ0) is 23.3. The Bertz CT molecular complexity index is 1080. The van der Waals surface area contributed by atoms with Gasteiger partial charge in [-0.1, -0.05) is 13.0 Å². The van der Waals surface area contributed by atoms with Crippen LogP contribution in [0.4, 0.5) is 0 Å². The summed E-state index contributed by atoms with van der Waals surface area (Å²) in [5.74, 6) is 0.956. The predicted octanol–water partition coefficient (Wildman–Crippen LogP) is 3.38. The minimum Gasteiger partial charge on any atom is -0.493 e. The molecular weight excluding hydrogens is 418 g/mol. The van der Waals surface area contributed by atoms with Crippen LogP contribution in [0.15, 0.2) is 41.0 Å². The molecule has 0 amide bonds. The van der Waals surface area contributed by atoms with Crippen LogP contribution in [0, 0.1) is 0 Å². The van der Waals surface area contributed by atoms with E-state index in [1.54, 1.807) is 43.3 Å². The largest absolute Gasteiger partial charge is 0.493 e. The number of benzene rings is 2. The molecule has 2 aromatic carbocycles. The van der Waals surface area contributed by atoms with Crippen LogP contribution < -0.4 is 23.7 Å². The van der Waals surface area contributed by atoms with Gasteiger partial charge in [0.25, 0.3) is 0 Å². The minimum absolute atomic E-state index is 0.0918. The molecule has 2 aromatic rings. The molecule has 0 unspecified atom stereocenters. The first-order chi connectivity index (χ1) is 15.4. The van der Waals surface area contributed by atoms with E-state index in [1.807, 2.05) is 0 Å². The molecule has 0 saturated carbocycles. The Morgan fingerprint density at radius 3 is 2.16 bits per heavy atom. The molecule has 3 rings (SSSR count). The molecule has 0 bridgehead atoms. The van der Waals surface area contributed by atoms with Crippen molar-refractivity contribution in [2.24, 2.45) is 4.99 Å². The van der Waals surface area contributed by atoms with Gasteiger partial charge in [-0.2, -0.15) is 0 Å². The number of hydrogen-bond acceptors (Lipinski definition) is 9. The topological polar surface area (TPSA) is 102 Å². The second-order valence-corrected chi connectivity index (χ2v) is 6.49. The monoisotopic (exact) mass is 441 g/mol. The normalized spacial score (nSPS) is 14.0. The van der Waals surface area contributed by atoms with Crippen molar-refractivity contribution in [3.8, 4) is 28.7 Å². The second kappa shape index (κ2) is 9.86. The molecule has 1 heterocycles. The lowest BCUT2D eigenvalue weighted by Gasteiger charge is -2.13. The van der Waals surface area contributed by atoms with Gasteiger partial charge in [-0.05, 0) is 35.9 Å². The first-order valence-corrected chi connectivity index (χ1v) is 9.65. The summed E-state index contributed by atoms with van der Waals surface area (Å²) in [6.45, 7) is 1.70. The van der Waals surface area contributed by atoms with Crippen molar-refractivity contribution in [1.29, 1.82) is 0 Å². The first-order valence-electron chi connectivity index (χ1n) is 9.65. The van der Waals surface area contributed by atoms with E-state index in [4.69, 9.17) is 28.4 Å². The van der Waals surface area contributed by atoms with Crippen molar-refractivity contribution in [3.63, 3.8) is 0 Å². The average Bonchev–Trinajstić information content (AvgIpc) is 3.18. The van der Waals surface area contributed by atoms with Crippen LogP contribution in [0.5, 0.6) is 28.7 Å². The van der Waals surface area contributed by atoms with Crippen LogP contribution in [-0.4, -0.2) is 46.3 Å². The summed E-state index contributed by atoms with van der Waals surface area (Å²) < 4.78 is 31.8. The summed E-state index contributed by atoms with van der Waals surface area (Å²) in [6.07, 6.45) is 1.78. The third kappa shape index (κ3) is 4.66. The Balaban J connectivity index is 1.95. The summed E-state index contributed by atoms with van der Waals surface area (Å²) in [5, 5.41) is 0. The molecule has 0 radical (unpaired) electrons. The number of hydrogen-bond donors (Lipinski definition) is 0. The fraction of sp³-hybridized carbons (Fsp3) is 0.261. The lowest BCUT2D eigenvalue weighted by atomic mass is 10.1. The van der Waals surface area contributed by atoms with Crippen molar-refractivity contribution in [2.75, 3.05) is 28.4 Å². The Labute approximate surface area is 185 Å². The van der Waals surface area contributed by atoms with Crippen LogP contribution in [0.1, 0.15) is 24.5 Å². The lowest BCUT2D eigenvalue weighted by molar-refractivity contribution is -0.134. The number of ether oxygens (including phenoxy) is 6. The van der Waals surface area contributed by atoms with E-state index in [0.717, 1.165) is 0 Å². The zero-order valence-corrected chi connectivity index (χ0v) is 18.4. The Kier molecular flexibility index (Phi) is 6.99. The smallest absolute Gasteiger partial charge is 0.363 e. The lowest BCUT2D eigenvalue weighted by Crippen LogP contribution is -2.07. The van der Waals surface area contributed by atoms with Gasteiger partial charge in [0.1, 0.15) is 0 Å². The van der Waals surface area contributed by atoms with Gasteiger partial charge in [0.2, 0.25) is 11.6 Å². The molecule has 1 aliphatic rings. The van der Waals surface area contributed by atoms with Gasteiger partial charge >= 0.3 is 11.9 Å². The van der Waals surface area contributed by atoms with Crippen LogP contribution >= 0.6 is 0 Å². The van der Waals surface area contributed by atoms with Gasteiger partial charge in [-0.25, -0.2) is 9.79 Å². The van der Waals surface area contributed by atoms with E-state index in [1.165, 1.54) is 28.4 Å². The summed E-state index contributed by atoms with van der Waals surface area (Å²) in [6, 6.07) is 8.16. The van der Waals surface area contributed by atoms with E-state index in [0.29, 0.717) is 34.1 Å². The van der Waals surface area contributed by atoms with Gasteiger partial charge in [-0.3, -0.25) is 4.79 Å². The maximum absolute atomic E-state index is 12.4. The maximum Gasteiger partial charge on any atom is 0.363 e. The van der Waals surface area contributed by atoms with Crippen LogP contribution in [0.2, 0.25) is 0 Å². The molecule has 0 fully saturated rings. The molecule has 1 aliphatic heterocycles. The average molecular weight is 441 g/mol. The minimum atomic E-state index is -0.616. The highest BCUT2D eigenvalue weighted by atomic mass is 16.6. The second-order valence-electron chi connectivity index (χ2n) is 6.49. The fourth-order valence-electron chi connectivity index (χ4n) is 2.95. The molecule has 0 saturated heterocycles. The number of aliphatic imine (C=N–C) groups is 1. The first kappa shape index (κ1) is 22.7. The van der Waals surface area contributed by atoms with E-state index >= 15 is 0 Å². The Hall–Kier alpha value is -4.01. The molecule has 168 valence electrons. The standard InChI is InChI=1S/C23H23NO8/c1-6-20(25)31-16-8-7-13(10-17(16)27-2)9-15-23(26)32-22(24-15)14-11-18(28-3)21(30-5)19(12-14)29-4/h7-12H,6H2,1-5H3/b15-9-. The Morgan fingerprint density at radius 2 is 1.59 bits per heavy atom. The van der Waals surface area contributed by atoms with Crippen molar-refractivity contribution in [3.05, 3.63) is 47.2 Å². The van der Waals surface area contributed by atoms with Gasteiger partial charge in [-0.15, -0.1) is 0 Å². The van der Waals surface area contributed by atoms with E-state index in [9.17, 15) is 9.59 Å². The maximum atomic E-state index is 12.4. The molecule has 9 heteroatoms. The number of rotatable bonds is 8. The number of cyclic esters (lactones) is 1. The van der Waals surface area contributed by atoms with Gasteiger partial charge in [0, 0.05) is 12.0 Å². The molecule has 32 heavy (non-hydrogen) atoms. The molecule has 9 nitrogen and oxygen atoms in total. The van der Waals surface area contributed by atoms with Crippen LogP contribution in [0.3, 0.4) is 0 Å². The fourth-order valence-corrected chi connectivity index (χ4v) is 2.95. The van der Waals surface area contributed by atoms with Crippen LogP contribution in [0.25, 0.3) is 6.08 Å². The molecule has 0 N–H and O–H groups in total. The zero-order valence-electron chi connectivity index (χ0n) is 18.4. The highest BCUT2D eigenvalue weighted by Crippen LogP contribution is 2.39. The molecule has 0 aromatic heterocycles. The summed E-state index contributed by atoms with van der Waals surface area (Å²) in [4.78, 5) is 28.3. The summed E-state index contributed by atoms with van der Waals surface area (Å²) >= 11 is 0. The molecule has 0 aliphatic carbocycles. The highest BCUT2D eigenvalue weighted by molar-refractivity contribution is 6.13. The van der Waals surface area contributed by atoms with Gasteiger partial charge < -0.3 is 28.4 Å². The summed E-state index contributed by atoms with van der Waals surface area (Å²) in [5.41, 5.74) is 1.18. The SMILES string of the molecule is CCC(=O)Oc1ccc(/C=C2\N=C(c3cc(OC)c(OC)c(OC)c3)OC2=O)cc1OC. The molecular formula is C23H23NO8. The quantitative estimate of drug-likeness (QED) is 0.349. The van der Waals surface area contributed by atoms with Crippen molar-refractivity contribution in [2.45, 2.75) is 13.3 Å². The van der Waals surface area contributed by atoms with E-state index in [2.05, 4.69) is 4.99 Å². The van der Waals surface area contributed by atoms with E-state index in [-0.39, 0.29) is 29.7 Å². The van der Waals surface area contributed by atoms with Crippen molar-refractivity contribution >= 4 is 23.9 Å². The van der Waals surface area contributed by atoms with Crippen molar-refractivity contribution < 1.29 is 38.0 Å². The molecule has 0 atom stereocenters. The summed E-state index contributed by atoms with van der Waals surface area (Å²) in [7, 11) is 5.93. The molecule has 0 spiro atoms. The number of carbonyl (C=O) groups excluding carboxylic acids is 2. The predicted molar refractivity (Wildman–Crippen MR) is 116 cm³/mol. The highest BCUT2D eigenvalue weighted by Gasteiger charge is 2.26. The number of carbonyl (C=O) groups is 2. The van der Waals surface area contributed by atoms with Gasteiger partial charge in [0.05, 0.1) is 28.4 Å². The van der Waals surface area contributed by atoms with Crippen molar-refractivity contribution in [1.82, 2.24) is 0 Å². The van der Waals surface area contributed by atoms with Crippen LogP contribution in [-0.2, 0) is 14.3 Å². The Morgan fingerprint density at radius 1 is 0.938 bits per heavy atom. The number of nitrogens with zero attached hydrogens (tertiary/aromatic N) is 1. The number of methoxy groups -OCH3 is 4. The number of esters is 2.